The molecule has 3 aliphatic heterocycles. The first-order valence-corrected chi connectivity index (χ1v) is 11.5. The molecule has 3 atom stereocenters. The van der Waals surface area contributed by atoms with E-state index in [2.05, 4.69) is 25.9 Å². The summed E-state index contributed by atoms with van der Waals surface area (Å²) in [4.78, 5) is 22.5. The van der Waals surface area contributed by atoms with E-state index in [4.69, 9.17) is 16.3 Å². The molecule has 4 aliphatic rings. The third kappa shape index (κ3) is 2.52. The van der Waals surface area contributed by atoms with Gasteiger partial charge in [0.05, 0.1) is 24.6 Å². The van der Waals surface area contributed by atoms with Gasteiger partial charge >= 0.3 is 6.09 Å². The number of hydrogen-bond donors (Lipinski definition) is 1. The lowest BCUT2D eigenvalue weighted by Gasteiger charge is -2.38. The number of aromatic nitrogens is 3. The molecule has 2 bridgehead atoms. The molecule has 1 amide bonds. The van der Waals surface area contributed by atoms with Crippen molar-refractivity contribution in [2.75, 3.05) is 26.0 Å². The number of amides is 1. The van der Waals surface area contributed by atoms with Crippen LogP contribution < -0.4 is 5.32 Å². The number of fused-ring (bicyclic) bond motifs is 4. The van der Waals surface area contributed by atoms with Crippen molar-refractivity contribution in [1.29, 1.82) is 0 Å². The molecule has 1 saturated carbocycles. The summed E-state index contributed by atoms with van der Waals surface area (Å²) in [7, 11) is 0. The second-order valence-electron chi connectivity index (χ2n) is 8.05. The molecule has 3 aromatic heterocycles. The Balaban J connectivity index is 1.64. The van der Waals surface area contributed by atoms with E-state index < -0.39 is 5.82 Å². The van der Waals surface area contributed by atoms with Gasteiger partial charge in [0, 0.05) is 35.2 Å². The lowest BCUT2D eigenvalue weighted by molar-refractivity contribution is 0.155. The monoisotopic (exact) mass is 447 g/mol. The van der Waals surface area contributed by atoms with E-state index in [0.717, 1.165) is 34.6 Å². The number of rotatable bonds is 4. The van der Waals surface area contributed by atoms with Crippen LogP contribution in [0.25, 0.3) is 21.8 Å². The van der Waals surface area contributed by atoms with Crippen LogP contribution in [0.1, 0.15) is 18.2 Å². The molecule has 1 N–H and O–H groups in total. The molecule has 7 nitrogen and oxygen atoms in total. The van der Waals surface area contributed by atoms with Crippen LogP contribution in [0.2, 0.25) is 5.15 Å². The maximum atomic E-state index is 14.9. The van der Waals surface area contributed by atoms with Gasteiger partial charge in [0.15, 0.2) is 11.0 Å². The summed E-state index contributed by atoms with van der Waals surface area (Å²) in [5.74, 6) is -0.0839. The van der Waals surface area contributed by atoms with Crippen LogP contribution in [0.3, 0.4) is 0 Å². The predicted molar refractivity (Wildman–Crippen MR) is 112 cm³/mol. The zero-order valence-corrected chi connectivity index (χ0v) is 17.8. The normalized spacial score (nSPS) is 25.4. The minimum Gasteiger partial charge on any atom is -0.448 e. The van der Waals surface area contributed by atoms with E-state index in [1.807, 2.05) is 6.26 Å². The maximum absolute atomic E-state index is 14.9. The number of hydrogen-bond acceptors (Lipinski definition) is 6. The van der Waals surface area contributed by atoms with Gasteiger partial charge in [-0.1, -0.05) is 11.6 Å². The second kappa shape index (κ2) is 6.70. The lowest BCUT2D eigenvalue weighted by atomic mass is 9.79. The lowest BCUT2D eigenvalue weighted by Crippen LogP contribution is -2.40. The molecule has 30 heavy (non-hydrogen) atoms. The Morgan fingerprint density at radius 1 is 1.43 bits per heavy atom. The molecule has 0 spiro atoms. The fraction of sp³-hybridized carbons (Fsp3) is 0.450. The Bertz CT molecular complexity index is 1200. The minimum atomic E-state index is -0.599. The van der Waals surface area contributed by atoms with Gasteiger partial charge in [-0.15, -0.1) is 11.8 Å². The molecule has 3 aromatic rings. The van der Waals surface area contributed by atoms with Gasteiger partial charge in [0.1, 0.15) is 17.1 Å². The van der Waals surface area contributed by atoms with E-state index >= 15 is 0 Å². The molecule has 3 unspecified atom stereocenters. The standard InChI is InChI=1S/C20H19ClFN5O2S/c1-30-19-11-5-10(8-26-2-3-29-20(26)28)27(16-9-4-13(16)23-6-9)17(11)12-7-24-18(21)14(22)15(12)25-19/h5,7,9,13,16,23H,2-4,6,8H2,1H3. The molecule has 4 fully saturated rings. The first-order chi connectivity index (χ1) is 14.6. The third-order valence-electron chi connectivity index (χ3n) is 6.55. The van der Waals surface area contributed by atoms with Crippen LogP contribution in [0.15, 0.2) is 17.3 Å². The number of halogens is 2. The van der Waals surface area contributed by atoms with E-state index in [9.17, 15) is 9.18 Å². The van der Waals surface area contributed by atoms with Crippen molar-refractivity contribution < 1.29 is 13.9 Å². The van der Waals surface area contributed by atoms with Crippen LogP contribution in [0.4, 0.5) is 9.18 Å². The average molecular weight is 448 g/mol. The summed E-state index contributed by atoms with van der Waals surface area (Å²) in [6.45, 7) is 2.39. The highest BCUT2D eigenvalue weighted by Gasteiger charge is 2.49. The van der Waals surface area contributed by atoms with Gasteiger partial charge in [0.2, 0.25) is 0 Å². The van der Waals surface area contributed by atoms with Crippen molar-refractivity contribution in [2.45, 2.75) is 30.1 Å². The van der Waals surface area contributed by atoms with Crippen LogP contribution >= 0.6 is 23.4 Å². The number of nitrogens with one attached hydrogen (secondary N) is 1. The topological polar surface area (TPSA) is 72.3 Å². The van der Waals surface area contributed by atoms with Gasteiger partial charge in [-0.3, -0.25) is 4.90 Å². The first-order valence-electron chi connectivity index (χ1n) is 9.93. The van der Waals surface area contributed by atoms with E-state index in [1.165, 1.54) is 11.8 Å². The summed E-state index contributed by atoms with van der Waals surface area (Å²) in [5, 5.41) is 5.72. The van der Waals surface area contributed by atoms with Crippen molar-refractivity contribution in [3.63, 3.8) is 0 Å². The molecule has 156 valence electrons. The Hall–Kier alpha value is -2.10. The van der Waals surface area contributed by atoms with Crippen molar-refractivity contribution in [1.82, 2.24) is 24.8 Å². The predicted octanol–water partition coefficient (Wildman–Crippen LogP) is 3.58. The molecule has 6 heterocycles. The molecule has 0 aromatic carbocycles. The van der Waals surface area contributed by atoms with Crippen LogP contribution in [-0.4, -0.2) is 57.5 Å². The SMILES string of the molecule is CSc1nc2c(F)c(Cl)ncc2c2c1cc(CN1CCOC1=O)n2C1C2CNC1C2. The zero-order chi connectivity index (χ0) is 20.6. The van der Waals surface area contributed by atoms with Gasteiger partial charge in [-0.25, -0.2) is 19.2 Å². The number of carbonyl (C=O) groups is 1. The molecule has 1 aliphatic carbocycles. The highest BCUT2D eigenvalue weighted by molar-refractivity contribution is 7.98. The fourth-order valence-electron chi connectivity index (χ4n) is 5.14. The molecular formula is C20H19ClFN5O2S. The van der Waals surface area contributed by atoms with Crippen molar-refractivity contribution in [3.05, 3.63) is 28.9 Å². The fourth-order valence-corrected chi connectivity index (χ4v) is 5.83. The molecule has 3 saturated heterocycles. The summed E-state index contributed by atoms with van der Waals surface area (Å²) < 4.78 is 22.3. The van der Waals surface area contributed by atoms with Crippen molar-refractivity contribution in [3.8, 4) is 0 Å². The molecule has 0 radical (unpaired) electrons. The molecule has 7 rings (SSSR count). The van der Waals surface area contributed by atoms with Crippen LogP contribution in [-0.2, 0) is 11.3 Å². The number of pyridine rings is 2. The highest BCUT2D eigenvalue weighted by atomic mass is 35.5. The summed E-state index contributed by atoms with van der Waals surface area (Å²) in [5.41, 5.74) is 2.16. The Labute approximate surface area is 180 Å². The van der Waals surface area contributed by atoms with Gasteiger partial charge in [-0.05, 0) is 24.7 Å². The molecule has 10 heteroatoms. The number of thioether (sulfide) groups is 1. The summed E-state index contributed by atoms with van der Waals surface area (Å²) in [6.07, 6.45) is 4.37. The van der Waals surface area contributed by atoms with Crippen molar-refractivity contribution in [2.24, 2.45) is 5.92 Å². The number of cyclic esters (lactones) is 1. The minimum absolute atomic E-state index is 0.176. The largest absolute Gasteiger partial charge is 0.448 e. The van der Waals surface area contributed by atoms with Crippen LogP contribution in [0, 0.1) is 11.7 Å². The smallest absolute Gasteiger partial charge is 0.410 e. The Kier molecular flexibility index (Phi) is 4.16. The van der Waals surface area contributed by atoms with Gasteiger partial charge in [-0.2, -0.15) is 0 Å². The summed E-state index contributed by atoms with van der Waals surface area (Å²) in [6, 6.07) is 2.72. The van der Waals surface area contributed by atoms with E-state index in [0.29, 0.717) is 37.0 Å². The maximum Gasteiger partial charge on any atom is 0.410 e. The van der Waals surface area contributed by atoms with E-state index in [-0.39, 0.29) is 22.8 Å². The van der Waals surface area contributed by atoms with E-state index in [1.54, 1.807) is 11.1 Å². The number of ether oxygens (including phenoxy) is 1. The number of nitrogens with zero attached hydrogens (tertiary/aromatic N) is 4. The molecular weight excluding hydrogens is 429 g/mol. The van der Waals surface area contributed by atoms with Crippen LogP contribution in [0.5, 0.6) is 0 Å². The highest BCUT2D eigenvalue weighted by Crippen LogP contribution is 2.48. The summed E-state index contributed by atoms with van der Waals surface area (Å²) >= 11 is 7.43. The quantitative estimate of drug-likeness (QED) is 0.487. The van der Waals surface area contributed by atoms with Gasteiger partial charge < -0.3 is 14.6 Å². The van der Waals surface area contributed by atoms with Crippen molar-refractivity contribution >= 4 is 51.3 Å². The second-order valence-corrected chi connectivity index (χ2v) is 9.20. The first kappa shape index (κ1) is 18.7. The average Bonchev–Trinajstić information content (AvgIpc) is 3.51. The Morgan fingerprint density at radius 2 is 2.30 bits per heavy atom. The van der Waals surface area contributed by atoms with Gasteiger partial charge in [0.25, 0.3) is 0 Å². The third-order valence-corrected chi connectivity index (χ3v) is 7.51. The zero-order valence-electron chi connectivity index (χ0n) is 16.2. The number of carbonyl (C=O) groups excluding carboxylic acids is 1. The Morgan fingerprint density at radius 3 is 2.97 bits per heavy atom.